The number of aromatic nitrogens is 1. The van der Waals surface area contributed by atoms with Gasteiger partial charge in [-0.1, -0.05) is 17.6 Å². The topological polar surface area (TPSA) is 127 Å². The van der Waals surface area contributed by atoms with Crippen LogP contribution in [0.2, 0.25) is 0 Å². The number of carbonyl (C=O) groups excluding carboxylic acids is 1. The monoisotopic (exact) mass is 553 g/mol. The molecule has 0 atom stereocenters. The Bertz CT molecular complexity index is 1700. The van der Waals surface area contributed by atoms with Gasteiger partial charge in [-0.3, -0.25) is 14.5 Å². The van der Waals surface area contributed by atoms with Crippen molar-refractivity contribution in [3.8, 4) is 0 Å². The van der Waals surface area contributed by atoms with Crippen molar-refractivity contribution in [2.45, 2.75) is 13.1 Å². The molecule has 1 amide bonds. The average Bonchev–Trinajstić information content (AvgIpc) is 2.90. The highest BCUT2D eigenvalue weighted by Gasteiger charge is 2.35. The third-order valence-electron chi connectivity index (χ3n) is 5.36. The molecule has 13 heteroatoms. The average molecular weight is 554 g/mol. The van der Waals surface area contributed by atoms with Crippen LogP contribution in [-0.2, 0) is 16.2 Å². The van der Waals surface area contributed by atoms with E-state index in [4.69, 9.17) is 0 Å². The second-order valence-electron chi connectivity index (χ2n) is 8.13. The minimum Gasteiger partial charge on any atom is -0.322 e. The lowest BCUT2D eigenvalue weighted by Gasteiger charge is -2.16. The summed E-state index contributed by atoms with van der Waals surface area (Å²) in [6.07, 6.45) is -0.0266. The van der Waals surface area contributed by atoms with Gasteiger partial charge < -0.3 is 5.32 Å². The molecule has 0 saturated carbocycles. The van der Waals surface area contributed by atoms with Crippen LogP contribution in [0.25, 0.3) is 0 Å². The van der Waals surface area contributed by atoms with Crippen molar-refractivity contribution in [3.63, 3.8) is 0 Å². The predicted molar refractivity (Wildman–Crippen MR) is 144 cm³/mol. The summed E-state index contributed by atoms with van der Waals surface area (Å²) in [6, 6.07) is 10.9. The highest BCUT2D eigenvalue weighted by Crippen LogP contribution is 2.37. The second-order valence-corrected chi connectivity index (χ2v) is 9.76. The minimum absolute atomic E-state index is 0.139. The van der Waals surface area contributed by atoms with Gasteiger partial charge in [-0.25, -0.2) is 13.7 Å². The molecule has 198 valence electrons. The first-order valence-electron chi connectivity index (χ1n) is 11.2. The van der Waals surface area contributed by atoms with E-state index < -0.39 is 33.4 Å². The van der Waals surface area contributed by atoms with E-state index in [-0.39, 0.29) is 17.2 Å². The van der Waals surface area contributed by atoms with Crippen LogP contribution >= 0.6 is 0 Å². The standard InChI is InChI=1S/C26H19F3N6O3S/c1-3-39(37,38)35-22-9-8-19(14-20(22)26(27,28)29)32-24(36)17-7-6-16(2)23(13-17)34-25-31-12-10-21(33-25)18-5-4-11-30-15-18/h3-11,13-15,35H,1H2,2H3,(H,32,36)/p+1. The van der Waals surface area contributed by atoms with Crippen LogP contribution in [0.1, 0.15) is 27.0 Å². The number of pyridine rings is 1. The van der Waals surface area contributed by atoms with Crippen LogP contribution in [0.5, 0.6) is 0 Å². The summed E-state index contributed by atoms with van der Waals surface area (Å²) in [5, 5.41) is 5.93. The van der Waals surface area contributed by atoms with Gasteiger partial charge in [0, 0.05) is 34.6 Å². The fraction of sp³-hybridized carbons (Fsp3) is 0.0769. The summed E-state index contributed by atoms with van der Waals surface area (Å²) >= 11 is 0. The molecule has 2 heterocycles. The molecule has 0 radical (unpaired) electrons. The lowest BCUT2D eigenvalue weighted by Crippen LogP contribution is -2.19. The van der Waals surface area contributed by atoms with E-state index >= 15 is 0 Å². The van der Waals surface area contributed by atoms with E-state index in [1.54, 1.807) is 42.2 Å². The van der Waals surface area contributed by atoms with Crippen molar-refractivity contribution in [3.05, 3.63) is 101 Å². The van der Waals surface area contributed by atoms with E-state index in [0.29, 0.717) is 22.9 Å². The molecule has 3 N–H and O–H groups in total. The molecule has 1 aliphatic rings. The van der Waals surface area contributed by atoms with Crippen LogP contribution in [0, 0.1) is 6.92 Å². The molecule has 4 rings (SSSR count). The number of allylic oxidation sites excluding steroid dienone is 1. The van der Waals surface area contributed by atoms with Crippen LogP contribution < -0.4 is 20.0 Å². The van der Waals surface area contributed by atoms with Gasteiger partial charge in [0.05, 0.1) is 17.3 Å². The number of hydrogen-bond donors (Lipinski definition) is 3. The zero-order valence-electron chi connectivity index (χ0n) is 20.2. The number of alkyl halides is 3. The highest BCUT2D eigenvalue weighted by atomic mass is 32.2. The number of benzene rings is 2. The van der Waals surface area contributed by atoms with Crippen LogP contribution in [0.3, 0.4) is 0 Å². The van der Waals surface area contributed by atoms with Crippen molar-refractivity contribution in [1.82, 2.24) is 9.65 Å². The third-order valence-corrected chi connectivity index (χ3v) is 6.30. The first-order chi connectivity index (χ1) is 18.4. The third kappa shape index (κ3) is 6.68. The molecule has 0 spiro atoms. The maximum atomic E-state index is 13.6. The largest absolute Gasteiger partial charge is 0.494 e. The van der Waals surface area contributed by atoms with Crippen LogP contribution in [-0.4, -0.2) is 36.8 Å². The number of nitrogens with zero attached hydrogens (tertiary/aromatic N) is 3. The zero-order chi connectivity index (χ0) is 28.2. The molecular weight excluding hydrogens is 533 g/mol. The molecule has 3 aromatic rings. The van der Waals surface area contributed by atoms with Gasteiger partial charge in [0.1, 0.15) is 11.6 Å². The SMILES string of the molecule is C=CS(=O)(=O)Nc1ccc(NC(=O)c2ccc(C)c(NC3=[N+]=C=CC(c4cccnc4)=N3)c2)cc1C(F)(F)F. The van der Waals surface area contributed by atoms with Gasteiger partial charge >= 0.3 is 12.1 Å². The lowest BCUT2D eigenvalue weighted by atomic mass is 10.1. The Morgan fingerprint density at radius 1 is 1.13 bits per heavy atom. The molecule has 0 aliphatic carbocycles. The normalized spacial score (nSPS) is 12.8. The summed E-state index contributed by atoms with van der Waals surface area (Å²) in [7, 11) is -4.18. The number of amides is 1. The molecule has 1 aromatic heterocycles. The Hall–Kier alpha value is -4.96. The van der Waals surface area contributed by atoms with Gasteiger partial charge in [-0.15, -0.1) is 0 Å². The minimum atomic E-state index is -4.90. The smallest absolute Gasteiger partial charge is 0.322 e. The van der Waals surface area contributed by atoms with E-state index in [2.05, 4.69) is 37.7 Å². The van der Waals surface area contributed by atoms with E-state index in [1.807, 2.05) is 6.07 Å². The van der Waals surface area contributed by atoms with Crippen molar-refractivity contribution < 1.29 is 26.4 Å². The van der Waals surface area contributed by atoms with Crippen molar-refractivity contribution in [1.29, 1.82) is 0 Å². The predicted octanol–water partition coefficient (Wildman–Crippen LogP) is 4.11. The van der Waals surface area contributed by atoms with Crippen LogP contribution in [0.4, 0.5) is 30.2 Å². The van der Waals surface area contributed by atoms with E-state index in [1.165, 1.54) is 12.1 Å². The number of aliphatic imine (C=N–C) groups is 1. The van der Waals surface area contributed by atoms with Crippen LogP contribution in [0.15, 0.2) is 84.0 Å². The molecule has 39 heavy (non-hydrogen) atoms. The second kappa shape index (κ2) is 10.8. The first-order valence-corrected chi connectivity index (χ1v) is 12.7. The quantitative estimate of drug-likeness (QED) is 0.380. The Balaban J connectivity index is 1.56. The molecule has 0 fully saturated rings. The summed E-state index contributed by atoms with van der Waals surface area (Å²) in [5.41, 5.74) is 0.541. The highest BCUT2D eigenvalue weighted by molar-refractivity contribution is 7.95. The van der Waals surface area contributed by atoms with Gasteiger partial charge in [0.2, 0.25) is 0 Å². The summed E-state index contributed by atoms with van der Waals surface area (Å²) in [5.74, 6) is 2.28. The molecule has 9 nitrogen and oxygen atoms in total. The number of rotatable bonds is 7. The molecule has 0 bridgehead atoms. The number of halogens is 3. The maximum Gasteiger partial charge on any atom is 0.494 e. The molecular formula is C26H20F3N6O3S+. The molecule has 0 saturated heterocycles. The van der Waals surface area contributed by atoms with Crippen molar-refractivity contribution in [2.75, 3.05) is 15.4 Å². The van der Waals surface area contributed by atoms with E-state index in [9.17, 15) is 26.4 Å². The number of anilines is 3. The lowest BCUT2D eigenvalue weighted by molar-refractivity contribution is -0.136. The number of sulfonamides is 1. The number of aryl methyl sites for hydroxylation is 1. The fourth-order valence-corrected chi connectivity index (χ4v) is 3.97. The zero-order valence-corrected chi connectivity index (χ0v) is 21.1. The number of guanidine groups is 1. The summed E-state index contributed by atoms with van der Waals surface area (Å²) in [6.45, 7) is 4.85. The Kier molecular flexibility index (Phi) is 7.50. The Morgan fingerprint density at radius 3 is 2.62 bits per heavy atom. The van der Waals surface area contributed by atoms with Crippen molar-refractivity contribution >= 4 is 50.5 Å². The van der Waals surface area contributed by atoms with E-state index in [0.717, 1.165) is 23.3 Å². The number of hydrogen-bond acceptors (Lipinski definition) is 6. The molecule has 1 aliphatic heterocycles. The van der Waals surface area contributed by atoms with Gasteiger partial charge in [-0.05, 0) is 55.0 Å². The number of carbonyl (C=O) groups is 1. The summed E-state index contributed by atoms with van der Waals surface area (Å²) < 4.78 is 70.1. The molecule has 2 aromatic carbocycles. The molecule has 0 unspecified atom stereocenters. The summed E-state index contributed by atoms with van der Waals surface area (Å²) in [4.78, 5) is 21.4. The van der Waals surface area contributed by atoms with Crippen molar-refractivity contribution in [2.24, 2.45) is 4.99 Å². The Labute approximate surface area is 221 Å². The van der Waals surface area contributed by atoms with Gasteiger partial charge in [0.15, 0.2) is 5.71 Å². The number of nitrogens with one attached hydrogen (secondary N) is 3. The van der Waals surface area contributed by atoms with Gasteiger partial charge in [0.25, 0.3) is 15.9 Å². The maximum absolute atomic E-state index is 13.6. The Morgan fingerprint density at radius 2 is 1.92 bits per heavy atom. The first kappa shape index (κ1) is 27.1. The van der Waals surface area contributed by atoms with Gasteiger partial charge in [-0.2, -0.15) is 17.8 Å². The fourth-order valence-electron chi connectivity index (χ4n) is 3.41.